The maximum absolute atomic E-state index is 12.7. The molecule has 5 heteroatoms. The van der Waals surface area contributed by atoms with Crippen molar-refractivity contribution in [2.24, 2.45) is 0 Å². The number of pyridine rings is 1. The molecule has 3 aliphatic rings. The monoisotopic (exact) mass is 405 g/mol. The van der Waals surface area contributed by atoms with Crippen molar-refractivity contribution in [2.75, 3.05) is 13.1 Å². The molecule has 1 atom stereocenters. The van der Waals surface area contributed by atoms with Gasteiger partial charge in [-0.15, -0.1) is 0 Å². The summed E-state index contributed by atoms with van der Waals surface area (Å²) in [6.45, 7) is 2.96. The molecule has 1 amide bonds. The number of amides is 1. The van der Waals surface area contributed by atoms with E-state index < -0.39 is 0 Å². The van der Waals surface area contributed by atoms with Gasteiger partial charge < -0.3 is 10.1 Å². The third-order valence-electron chi connectivity index (χ3n) is 7.10. The van der Waals surface area contributed by atoms with Crippen LogP contribution in [0.2, 0.25) is 0 Å². The van der Waals surface area contributed by atoms with Crippen LogP contribution >= 0.6 is 0 Å². The predicted molar refractivity (Wildman–Crippen MR) is 116 cm³/mol. The number of aromatic nitrogens is 1. The Labute approximate surface area is 178 Å². The van der Waals surface area contributed by atoms with Gasteiger partial charge >= 0.3 is 0 Å². The summed E-state index contributed by atoms with van der Waals surface area (Å²) in [4.78, 5) is 19.4. The topological polar surface area (TPSA) is 54.5 Å². The summed E-state index contributed by atoms with van der Waals surface area (Å²) in [6.07, 6.45) is 10.8. The average Bonchev–Trinajstić information content (AvgIpc) is 2.73. The zero-order chi connectivity index (χ0) is 20.4. The van der Waals surface area contributed by atoms with Gasteiger partial charge in [0.1, 0.15) is 11.4 Å². The van der Waals surface area contributed by atoms with Crippen LogP contribution < -0.4 is 10.1 Å². The molecule has 1 spiro atoms. The third kappa shape index (κ3) is 4.22. The van der Waals surface area contributed by atoms with Crippen LogP contribution in [0.25, 0.3) is 0 Å². The molecule has 2 aromatic rings. The van der Waals surface area contributed by atoms with Crippen LogP contribution in [0.1, 0.15) is 62.0 Å². The second kappa shape index (κ2) is 8.38. The Morgan fingerprint density at radius 3 is 2.73 bits per heavy atom. The van der Waals surface area contributed by atoms with Crippen molar-refractivity contribution in [3.8, 4) is 5.75 Å². The smallest absolute Gasteiger partial charge is 0.220 e. The Bertz CT molecular complexity index is 873. The standard InChI is InChI=1S/C25H31N3O2/c29-24(27-21-6-3-7-21)15-20-16-25(30-23-9-2-1-8-22(20)23)10-13-28(14-11-25)18-19-5-4-12-26-17-19/h1-2,4-5,8-9,12,17,20-21H,3,6-7,10-11,13-16,18H2,(H,27,29)/t20-/m1/s1. The van der Waals surface area contributed by atoms with Crippen LogP contribution in [0.3, 0.4) is 0 Å². The Kier molecular flexibility index (Phi) is 5.47. The number of likely N-dealkylation sites (tertiary alicyclic amines) is 1. The number of fused-ring (bicyclic) bond motifs is 1. The molecule has 1 aromatic carbocycles. The lowest BCUT2D eigenvalue weighted by atomic mass is 9.76. The zero-order valence-corrected chi connectivity index (χ0v) is 17.6. The van der Waals surface area contributed by atoms with Crippen molar-refractivity contribution in [2.45, 2.75) is 69.1 Å². The first-order valence-electron chi connectivity index (χ1n) is 11.4. The van der Waals surface area contributed by atoms with E-state index in [0.717, 1.165) is 57.5 Å². The van der Waals surface area contributed by atoms with Gasteiger partial charge in [-0.3, -0.25) is 14.7 Å². The van der Waals surface area contributed by atoms with Crippen molar-refractivity contribution >= 4 is 5.91 Å². The first-order chi connectivity index (χ1) is 14.7. The lowest BCUT2D eigenvalue weighted by Crippen LogP contribution is -2.50. The molecule has 30 heavy (non-hydrogen) atoms. The summed E-state index contributed by atoms with van der Waals surface area (Å²) in [5.74, 6) is 1.41. The molecular weight excluding hydrogens is 374 g/mol. The van der Waals surface area contributed by atoms with Crippen LogP contribution in [-0.4, -0.2) is 40.5 Å². The summed E-state index contributed by atoms with van der Waals surface area (Å²) in [6, 6.07) is 12.9. The Morgan fingerprint density at radius 1 is 1.17 bits per heavy atom. The number of rotatable bonds is 5. The number of carbonyl (C=O) groups is 1. The number of nitrogens with one attached hydrogen (secondary N) is 1. The molecule has 1 aliphatic carbocycles. The molecule has 0 bridgehead atoms. The Balaban J connectivity index is 1.26. The van der Waals surface area contributed by atoms with Crippen molar-refractivity contribution in [3.05, 3.63) is 59.9 Å². The van der Waals surface area contributed by atoms with Gasteiger partial charge in [-0.1, -0.05) is 24.3 Å². The van der Waals surface area contributed by atoms with Crippen LogP contribution in [-0.2, 0) is 11.3 Å². The van der Waals surface area contributed by atoms with Crippen molar-refractivity contribution in [1.82, 2.24) is 15.2 Å². The SMILES string of the molecule is O=C(C[C@@H]1CC2(CCN(Cc3cccnc3)CC2)Oc2ccccc21)NC1CCC1. The highest BCUT2D eigenvalue weighted by Crippen LogP contribution is 2.46. The Hall–Kier alpha value is -2.40. The number of benzene rings is 1. The highest BCUT2D eigenvalue weighted by molar-refractivity contribution is 5.77. The summed E-state index contributed by atoms with van der Waals surface area (Å²) in [7, 11) is 0. The van der Waals surface area contributed by atoms with Gasteiger partial charge in [0.25, 0.3) is 0 Å². The van der Waals surface area contributed by atoms with E-state index in [2.05, 4.69) is 39.5 Å². The molecule has 2 fully saturated rings. The fourth-order valence-electron chi connectivity index (χ4n) is 5.16. The number of piperidine rings is 1. The minimum atomic E-state index is -0.152. The van der Waals surface area contributed by atoms with Gasteiger partial charge in [0.15, 0.2) is 0 Å². The minimum Gasteiger partial charge on any atom is -0.487 e. The number of para-hydroxylation sites is 1. The second-order valence-corrected chi connectivity index (χ2v) is 9.26. The first-order valence-corrected chi connectivity index (χ1v) is 11.4. The third-order valence-corrected chi connectivity index (χ3v) is 7.10. The van der Waals surface area contributed by atoms with Gasteiger partial charge in [-0.05, 0) is 61.8 Å². The van der Waals surface area contributed by atoms with Gasteiger partial charge in [0, 0.05) is 50.4 Å². The quantitative estimate of drug-likeness (QED) is 0.816. The molecule has 5 nitrogen and oxygen atoms in total. The number of nitrogens with zero attached hydrogens (tertiary/aromatic N) is 2. The van der Waals surface area contributed by atoms with Crippen molar-refractivity contribution in [1.29, 1.82) is 0 Å². The molecule has 0 unspecified atom stereocenters. The number of hydrogen-bond donors (Lipinski definition) is 1. The van der Waals surface area contributed by atoms with Gasteiger partial charge in [-0.2, -0.15) is 0 Å². The van der Waals surface area contributed by atoms with Gasteiger partial charge in [-0.25, -0.2) is 0 Å². The van der Waals surface area contributed by atoms with E-state index in [4.69, 9.17) is 4.74 Å². The molecule has 158 valence electrons. The average molecular weight is 406 g/mol. The second-order valence-electron chi connectivity index (χ2n) is 9.26. The zero-order valence-electron chi connectivity index (χ0n) is 17.6. The number of carbonyl (C=O) groups excluding carboxylic acids is 1. The van der Waals surface area contributed by atoms with Crippen LogP contribution in [0, 0.1) is 0 Å². The van der Waals surface area contributed by atoms with Crippen LogP contribution in [0.5, 0.6) is 5.75 Å². The van der Waals surface area contributed by atoms with Crippen molar-refractivity contribution < 1.29 is 9.53 Å². The van der Waals surface area contributed by atoms with E-state index in [1.54, 1.807) is 0 Å². The number of hydrogen-bond acceptors (Lipinski definition) is 4. The van der Waals surface area contributed by atoms with E-state index in [-0.39, 0.29) is 17.4 Å². The maximum atomic E-state index is 12.7. The number of ether oxygens (including phenoxy) is 1. The summed E-state index contributed by atoms with van der Waals surface area (Å²) >= 11 is 0. The molecule has 5 rings (SSSR count). The molecule has 1 saturated carbocycles. The lowest BCUT2D eigenvalue weighted by Gasteiger charge is -2.47. The first kappa shape index (κ1) is 19.6. The van der Waals surface area contributed by atoms with E-state index in [1.807, 2.05) is 24.5 Å². The lowest BCUT2D eigenvalue weighted by molar-refractivity contribution is -0.123. The predicted octanol–water partition coefficient (Wildman–Crippen LogP) is 4.04. The van der Waals surface area contributed by atoms with E-state index in [1.165, 1.54) is 17.5 Å². The van der Waals surface area contributed by atoms with E-state index >= 15 is 0 Å². The highest BCUT2D eigenvalue weighted by atomic mass is 16.5. The molecule has 3 heterocycles. The highest BCUT2D eigenvalue weighted by Gasteiger charge is 2.43. The minimum absolute atomic E-state index is 0.152. The van der Waals surface area contributed by atoms with Crippen LogP contribution in [0.15, 0.2) is 48.8 Å². The van der Waals surface area contributed by atoms with Gasteiger partial charge in [0.2, 0.25) is 5.91 Å². The fraction of sp³-hybridized carbons (Fsp3) is 0.520. The maximum Gasteiger partial charge on any atom is 0.220 e. The van der Waals surface area contributed by atoms with Crippen molar-refractivity contribution in [3.63, 3.8) is 0 Å². The summed E-state index contributed by atoms with van der Waals surface area (Å²) in [5.41, 5.74) is 2.31. The molecule has 0 radical (unpaired) electrons. The Morgan fingerprint density at radius 2 is 2.00 bits per heavy atom. The summed E-state index contributed by atoms with van der Waals surface area (Å²) in [5, 5.41) is 3.23. The van der Waals surface area contributed by atoms with Gasteiger partial charge in [0.05, 0.1) is 0 Å². The van der Waals surface area contributed by atoms with Crippen LogP contribution in [0.4, 0.5) is 0 Å². The van der Waals surface area contributed by atoms with E-state index in [9.17, 15) is 4.79 Å². The molecule has 1 N–H and O–H groups in total. The molecule has 1 aromatic heterocycles. The molecule has 2 aliphatic heterocycles. The largest absolute Gasteiger partial charge is 0.487 e. The fourth-order valence-corrected chi connectivity index (χ4v) is 5.16. The summed E-state index contributed by atoms with van der Waals surface area (Å²) < 4.78 is 6.61. The molecule has 1 saturated heterocycles. The van der Waals surface area contributed by atoms with E-state index in [0.29, 0.717) is 12.5 Å². The molecular formula is C25H31N3O2. The normalized spacial score (nSPS) is 23.3.